The zero-order valence-electron chi connectivity index (χ0n) is 20.9. The van der Waals surface area contributed by atoms with E-state index < -0.39 is 0 Å². The van der Waals surface area contributed by atoms with E-state index >= 15 is 0 Å². The van der Waals surface area contributed by atoms with Crippen molar-refractivity contribution < 1.29 is 9.53 Å². The monoisotopic (exact) mass is 486 g/mol. The van der Waals surface area contributed by atoms with Gasteiger partial charge >= 0.3 is 0 Å². The van der Waals surface area contributed by atoms with E-state index in [2.05, 4.69) is 42.0 Å². The number of amides is 1. The molecule has 4 aromatic rings. The first-order valence-electron chi connectivity index (χ1n) is 11.4. The third-order valence-corrected chi connectivity index (χ3v) is 5.67. The summed E-state index contributed by atoms with van der Waals surface area (Å²) in [5.41, 5.74) is 3.91. The molecule has 0 bridgehead atoms. The van der Waals surface area contributed by atoms with Crippen LogP contribution < -0.4 is 20.3 Å². The van der Waals surface area contributed by atoms with E-state index in [-0.39, 0.29) is 5.91 Å². The van der Waals surface area contributed by atoms with E-state index in [1.807, 2.05) is 68.2 Å². The van der Waals surface area contributed by atoms with Crippen molar-refractivity contribution in [3.8, 4) is 11.6 Å². The zero-order chi connectivity index (χ0) is 25.7. The van der Waals surface area contributed by atoms with Crippen molar-refractivity contribution in [3.63, 3.8) is 0 Å². The van der Waals surface area contributed by atoms with Gasteiger partial charge in [-0.15, -0.1) is 0 Å². The Hall–Kier alpha value is -4.44. The van der Waals surface area contributed by atoms with Gasteiger partial charge in [-0.25, -0.2) is 15.0 Å². The van der Waals surface area contributed by atoms with Crippen molar-refractivity contribution in [2.45, 2.75) is 0 Å². The number of benzene rings is 2. The standard InChI is InChI=1S/C26H30N8O2/c1-6-26(35)31-19-13-20(23(36-5)14-22(19)33(4)12-11-32(2)3)30-24-15-25(28-16-27-24)34-17-29-18-9-7-8-10-21(18)34/h6-10,13-17H,1,11-12H2,2-5H3,(H,31,35)(H,27,28,30). The number of rotatable bonds is 10. The Labute approximate surface area is 210 Å². The van der Waals surface area contributed by atoms with Gasteiger partial charge in [0.1, 0.15) is 30.0 Å². The second kappa shape index (κ2) is 10.9. The average molecular weight is 487 g/mol. The Morgan fingerprint density at radius 1 is 1.08 bits per heavy atom. The third kappa shape index (κ3) is 5.44. The molecule has 0 aliphatic rings. The van der Waals surface area contributed by atoms with Gasteiger partial charge in [0, 0.05) is 32.3 Å². The van der Waals surface area contributed by atoms with Gasteiger partial charge in [0.05, 0.1) is 35.2 Å². The number of carbonyl (C=O) groups is 1. The van der Waals surface area contributed by atoms with Crippen molar-refractivity contribution in [1.29, 1.82) is 0 Å². The number of hydrogen-bond donors (Lipinski definition) is 2. The maximum atomic E-state index is 12.2. The van der Waals surface area contributed by atoms with Crippen molar-refractivity contribution in [2.24, 2.45) is 0 Å². The minimum atomic E-state index is -0.301. The maximum Gasteiger partial charge on any atom is 0.247 e. The molecule has 0 saturated heterocycles. The SMILES string of the molecule is C=CC(=O)Nc1cc(Nc2cc(-n3cnc4ccccc43)ncn2)c(OC)cc1N(C)CCN(C)C. The van der Waals surface area contributed by atoms with Crippen LogP contribution in [0.15, 0.2) is 67.8 Å². The molecular formula is C26H30N8O2. The molecule has 0 unspecified atom stereocenters. The van der Waals surface area contributed by atoms with Gasteiger partial charge < -0.3 is 25.2 Å². The van der Waals surface area contributed by atoms with Crippen molar-refractivity contribution >= 4 is 39.8 Å². The normalized spacial score (nSPS) is 10.9. The molecule has 36 heavy (non-hydrogen) atoms. The molecule has 10 heteroatoms. The van der Waals surface area contributed by atoms with Crippen molar-refractivity contribution in [2.75, 3.05) is 56.9 Å². The molecule has 4 rings (SSSR count). The predicted octanol–water partition coefficient (Wildman–Crippen LogP) is 3.69. The van der Waals surface area contributed by atoms with Crippen molar-refractivity contribution in [3.05, 3.63) is 67.8 Å². The third-order valence-electron chi connectivity index (χ3n) is 5.67. The van der Waals surface area contributed by atoms with Crippen LogP contribution in [-0.4, -0.2) is 71.7 Å². The Balaban J connectivity index is 1.69. The van der Waals surface area contributed by atoms with Gasteiger partial charge in [0.2, 0.25) is 5.91 Å². The lowest BCUT2D eigenvalue weighted by atomic mass is 10.2. The first-order valence-corrected chi connectivity index (χ1v) is 11.4. The van der Waals surface area contributed by atoms with Crippen LogP contribution in [-0.2, 0) is 4.79 Å². The van der Waals surface area contributed by atoms with E-state index in [0.29, 0.717) is 28.8 Å². The molecule has 2 aromatic carbocycles. The fraction of sp³-hybridized carbons (Fsp3) is 0.231. The van der Waals surface area contributed by atoms with Crippen LogP contribution >= 0.6 is 0 Å². The molecule has 0 atom stereocenters. The lowest BCUT2D eigenvalue weighted by Gasteiger charge is -2.26. The summed E-state index contributed by atoms with van der Waals surface area (Å²) >= 11 is 0. The highest BCUT2D eigenvalue weighted by molar-refractivity contribution is 6.02. The fourth-order valence-electron chi connectivity index (χ4n) is 3.73. The van der Waals surface area contributed by atoms with Crippen LogP contribution in [0.2, 0.25) is 0 Å². The van der Waals surface area contributed by atoms with Gasteiger partial charge in [-0.1, -0.05) is 18.7 Å². The van der Waals surface area contributed by atoms with E-state index in [1.165, 1.54) is 12.4 Å². The molecule has 10 nitrogen and oxygen atoms in total. The number of fused-ring (bicyclic) bond motifs is 1. The number of aromatic nitrogens is 4. The molecule has 2 aromatic heterocycles. The highest BCUT2D eigenvalue weighted by Crippen LogP contribution is 2.38. The molecule has 0 aliphatic heterocycles. The van der Waals surface area contributed by atoms with Crippen LogP contribution in [0, 0.1) is 0 Å². The van der Waals surface area contributed by atoms with Crippen LogP contribution in [0.25, 0.3) is 16.9 Å². The lowest BCUT2D eigenvalue weighted by molar-refractivity contribution is -0.111. The molecule has 0 saturated carbocycles. The van der Waals surface area contributed by atoms with Gasteiger partial charge in [-0.05, 0) is 38.4 Å². The van der Waals surface area contributed by atoms with E-state index in [0.717, 1.165) is 29.8 Å². The predicted molar refractivity (Wildman–Crippen MR) is 144 cm³/mol. The van der Waals surface area contributed by atoms with Crippen LogP contribution in [0.1, 0.15) is 0 Å². The molecule has 0 fully saturated rings. The van der Waals surface area contributed by atoms with E-state index in [1.54, 1.807) is 13.4 Å². The summed E-state index contributed by atoms with van der Waals surface area (Å²) in [7, 11) is 7.62. The Bertz CT molecular complexity index is 1380. The molecule has 2 N–H and O–H groups in total. The highest BCUT2D eigenvalue weighted by Gasteiger charge is 2.16. The summed E-state index contributed by atoms with van der Waals surface area (Å²) in [6, 6.07) is 13.4. The number of methoxy groups -OCH3 is 1. The van der Waals surface area contributed by atoms with Crippen LogP contribution in [0.5, 0.6) is 5.75 Å². The van der Waals surface area contributed by atoms with Crippen LogP contribution in [0.4, 0.5) is 22.9 Å². The number of hydrogen-bond acceptors (Lipinski definition) is 8. The van der Waals surface area contributed by atoms with Gasteiger partial charge in [-0.3, -0.25) is 9.36 Å². The minimum Gasteiger partial charge on any atom is -0.494 e. The summed E-state index contributed by atoms with van der Waals surface area (Å²) in [6.07, 6.45) is 4.47. The largest absolute Gasteiger partial charge is 0.494 e. The first kappa shape index (κ1) is 24.7. The molecular weight excluding hydrogens is 456 g/mol. The van der Waals surface area contributed by atoms with E-state index in [4.69, 9.17) is 4.74 Å². The highest BCUT2D eigenvalue weighted by atomic mass is 16.5. The number of carbonyl (C=O) groups excluding carboxylic acids is 1. The quantitative estimate of drug-likeness (QED) is 0.328. The summed E-state index contributed by atoms with van der Waals surface area (Å²) < 4.78 is 7.59. The number of ether oxygens (including phenoxy) is 1. The summed E-state index contributed by atoms with van der Waals surface area (Å²) in [6.45, 7) is 5.18. The molecule has 0 radical (unpaired) electrons. The van der Waals surface area contributed by atoms with Gasteiger partial charge in [0.15, 0.2) is 0 Å². The minimum absolute atomic E-state index is 0.301. The molecule has 1 amide bonds. The lowest BCUT2D eigenvalue weighted by Crippen LogP contribution is -2.29. The van der Waals surface area contributed by atoms with Crippen LogP contribution in [0.3, 0.4) is 0 Å². The summed E-state index contributed by atoms with van der Waals surface area (Å²) in [5.74, 6) is 1.53. The molecule has 186 valence electrons. The second-order valence-corrected chi connectivity index (χ2v) is 8.48. The first-order chi connectivity index (χ1) is 17.4. The number of nitrogens with zero attached hydrogens (tertiary/aromatic N) is 6. The van der Waals surface area contributed by atoms with Crippen molar-refractivity contribution in [1.82, 2.24) is 24.4 Å². The summed E-state index contributed by atoms with van der Waals surface area (Å²) in [5, 5.41) is 6.22. The Morgan fingerprint density at radius 2 is 1.89 bits per heavy atom. The second-order valence-electron chi connectivity index (χ2n) is 8.48. The van der Waals surface area contributed by atoms with Gasteiger partial charge in [0.25, 0.3) is 0 Å². The number of para-hydroxylation sites is 2. The smallest absolute Gasteiger partial charge is 0.247 e. The summed E-state index contributed by atoms with van der Waals surface area (Å²) in [4.78, 5) is 29.6. The maximum absolute atomic E-state index is 12.2. The Morgan fingerprint density at radius 3 is 2.64 bits per heavy atom. The average Bonchev–Trinajstić information content (AvgIpc) is 3.32. The molecule has 0 spiro atoms. The number of likely N-dealkylation sites (N-methyl/N-ethyl adjacent to an activating group) is 2. The number of nitrogens with one attached hydrogen (secondary N) is 2. The zero-order valence-corrected chi connectivity index (χ0v) is 20.9. The number of anilines is 4. The molecule has 0 aliphatic carbocycles. The molecule has 2 heterocycles. The van der Waals surface area contributed by atoms with E-state index in [9.17, 15) is 4.79 Å². The topological polar surface area (TPSA) is 100 Å². The number of imidazole rings is 1. The van der Waals surface area contributed by atoms with Gasteiger partial charge in [-0.2, -0.15) is 0 Å². The Kier molecular flexibility index (Phi) is 7.45. The fourth-order valence-corrected chi connectivity index (χ4v) is 3.73.